The van der Waals surface area contributed by atoms with Crippen LogP contribution in [0.3, 0.4) is 0 Å². The monoisotopic (exact) mass is 356 g/mol. The first-order valence-corrected chi connectivity index (χ1v) is 10.3. The van der Waals surface area contributed by atoms with Gasteiger partial charge >= 0.3 is 0 Å². The van der Waals surface area contributed by atoms with Crippen molar-refractivity contribution < 1.29 is 9.53 Å². The molecule has 0 radical (unpaired) electrons. The average Bonchev–Trinajstić information content (AvgIpc) is 3.02. The summed E-state index contributed by atoms with van der Waals surface area (Å²) >= 11 is 0. The maximum Gasteiger partial charge on any atom is 0.219 e. The lowest BCUT2D eigenvalue weighted by Gasteiger charge is -2.43. The summed E-state index contributed by atoms with van der Waals surface area (Å²) in [4.78, 5) is 17.1. The first-order valence-electron chi connectivity index (χ1n) is 10.3. The summed E-state index contributed by atoms with van der Waals surface area (Å²) in [6.07, 6.45) is 7.00. The van der Waals surface area contributed by atoms with Gasteiger partial charge in [-0.2, -0.15) is 0 Å². The van der Waals surface area contributed by atoms with Gasteiger partial charge in [-0.15, -0.1) is 0 Å². The SMILES string of the molecule is CC(=O)N1CC2(CCN(C3CCOCC3)CC2)CC1Cc1ccccc1. The molecule has 0 saturated carbocycles. The Morgan fingerprint density at radius 1 is 1.15 bits per heavy atom. The molecule has 0 aromatic heterocycles. The minimum absolute atomic E-state index is 0.245. The van der Waals surface area contributed by atoms with E-state index in [1.807, 2.05) is 0 Å². The lowest BCUT2D eigenvalue weighted by Crippen LogP contribution is -2.48. The van der Waals surface area contributed by atoms with Gasteiger partial charge in [-0.25, -0.2) is 0 Å². The molecular formula is C22H32N2O2. The second-order valence-electron chi connectivity index (χ2n) is 8.57. The molecular weight excluding hydrogens is 324 g/mol. The van der Waals surface area contributed by atoms with Crippen LogP contribution in [0, 0.1) is 5.41 Å². The smallest absolute Gasteiger partial charge is 0.219 e. The lowest BCUT2D eigenvalue weighted by atomic mass is 9.75. The second-order valence-corrected chi connectivity index (χ2v) is 8.57. The van der Waals surface area contributed by atoms with Gasteiger partial charge in [-0.3, -0.25) is 4.79 Å². The summed E-state index contributed by atoms with van der Waals surface area (Å²) in [6, 6.07) is 11.7. The standard InChI is InChI=1S/C22H32N2O2/c1-18(25)24-17-22(16-21(24)15-19-5-3-2-4-6-19)9-11-23(12-10-22)20-7-13-26-14-8-20/h2-6,20-21H,7-17H2,1H3. The van der Waals surface area contributed by atoms with Crippen LogP contribution in [0.4, 0.5) is 0 Å². The number of rotatable bonds is 3. The van der Waals surface area contributed by atoms with Gasteiger partial charge in [0.15, 0.2) is 0 Å². The van der Waals surface area contributed by atoms with E-state index in [1.165, 1.54) is 50.8 Å². The Bertz CT molecular complexity index is 604. The molecule has 1 unspecified atom stereocenters. The summed E-state index contributed by atoms with van der Waals surface area (Å²) in [5.41, 5.74) is 1.69. The zero-order valence-corrected chi connectivity index (χ0v) is 16.0. The number of piperidine rings is 1. The van der Waals surface area contributed by atoms with Crippen LogP contribution in [0.2, 0.25) is 0 Å². The molecule has 1 amide bonds. The van der Waals surface area contributed by atoms with Crippen molar-refractivity contribution in [2.24, 2.45) is 5.41 Å². The number of likely N-dealkylation sites (tertiary alicyclic amines) is 2. The fourth-order valence-corrected chi connectivity index (χ4v) is 5.38. The van der Waals surface area contributed by atoms with E-state index in [-0.39, 0.29) is 5.91 Å². The molecule has 3 aliphatic rings. The molecule has 0 bridgehead atoms. The Hall–Kier alpha value is -1.39. The lowest BCUT2D eigenvalue weighted by molar-refractivity contribution is -0.130. The predicted molar refractivity (Wildman–Crippen MR) is 103 cm³/mol. The topological polar surface area (TPSA) is 32.8 Å². The second kappa shape index (κ2) is 7.69. The predicted octanol–water partition coefficient (Wildman–Crippen LogP) is 3.11. The van der Waals surface area contributed by atoms with Gasteiger partial charge in [0.2, 0.25) is 5.91 Å². The highest BCUT2D eigenvalue weighted by atomic mass is 16.5. The third-order valence-corrected chi connectivity index (χ3v) is 6.90. The number of hydrogen-bond acceptors (Lipinski definition) is 3. The van der Waals surface area contributed by atoms with Crippen LogP contribution >= 0.6 is 0 Å². The molecule has 0 N–H and O–H groups in total. The zero-order chi connectivity index (χ0) is 18.0. The van der Waals surface area contributed by atoms with Crippen molar-refractivity contribution in [3.8, 4) is 0 Å². The zero-order valence-electron chi connectivity index (χ0n) is 16.0. The Balaban J connectivity index is 1.40. The summed E-state index contributed by atoms with van der Waals surface area (Å²) in [7, 11) is 0. The third-order valence-electron chi connectivity index (χ3n) is 6.90. The fraction of sp³-hybridized carbons (Fsp3) is 0.682. The molecule has 4 rings (SSSR count). The molecule has 1 aromatic carbocycles. The molecule has 3 saturated heterocycles. The van der Waals surface area contributed by atoms with Crippen LogP contribution in [-0.2, 0) is 16.0 Å². The van der Waals surface area contributed by atoms with Crippen molar-refractivity contribution in [1.82, 2.24) is 9.80 Å². The third kappa shape index (κ3) is 3.81. The number of carbonyl (C=O) groups is 1. The minimum Gasteiger partial charge on any atom is -0.381 e. The number of nitrogens with zero attached hydrogens (tertiary/aromatic N) is 2. The highest BCUT2D eigenvalue weighted by molar-refractivity contribution is 5.74. The first-order chi connectivity index (χ1) is 12.7. The van der Waals surface area contributed by atoms with E-state index in [9.17, 15) is 4.79 Å². The van der Waals surface area contributed by atoms with Crippen LogP contribution in [0.15, 0.2) is 30.3 Å². The normalized spacial score (nSPS) is 27.1. The van der Waals surface area contributed by atoms with Crippen molar-refractivity contribution in [3.05, 3.63) is 35.9 Å². The number of carbonyl (C=O) groups excluding carboxylic acids is 1. The Labute approximate surface area is 157 Å². The van der Waals surface area contributed by atoms with E-state index in [1.54, 1.807) is 6.92 Å². The van der Waals surface area contributed by atoms with Crippen molar-refractivity contribution >= 4 is 5.91 Å². The van der Waals surface area contributed by atoms with E-state index in [0.717, 1.165) is 26.2 Å². The number of hydrogen-bond donors (Lipinski definition) is 0. The Kier molecular flexibility index (Phi) is 5.32. The molecule has 3 fully saturated rings. The van der Waals surface area contributed by atoms with E-state index in [2.05, 4.69) is 40.1 Å². The quantitative estimate of drug-likeness (QED) is 0.834. The number of ether oxygens (including phenoxy) is 1. The average molecular weight is 357 g/mol. The summed E-state index contributed by atoms with van der Waals surface area (Å²) < 4.78 is 5.52. The summed E-state index contributed by atoms with van der Waals surface area (Å²) in [5, 5.41) is 0. The number of amides is 1. The molecule has 4 nitrogen and oxygen atoms in total. The van der Waals surface area contributed by atoms with Crippen LogP contribution in [0.5, 0.6) is 0 Å². The maximum absolute atomic E-state index is 12.3. The van der Waals surface area contributed by atoms with E-state index >= 15 is 0 Å². The summed E-state index contributed by atoms with van der Waals surface area (Å²) in [6.45, 7) is 6.92. The van der Waals surface area contributed by atoms with E-state index in [4.69, 9.17) is 4.74 Å². The van der Waals surface area contributed by atoms with Crippen molar-refractivity contribution in [3.63, 3.8) is 0 Å². The van der Waals surface area contributed by atoms with Gasteiger partial charge in [-0.1, -0.05) is 30.3 Å². The molecule has 1 aromatic rings. The van der Waals surface area contributed by atoms with Gasteiger partial charge in [-0.05, 0) is 62.6 Å². The molecule has 1 spiro atoms. The molecule has 4 heteroatoms. The van der Waals surface area contributed by atoms with Crippen molar-refractivity contribution in [2.45, 2.75) is 57.5 Å². The highest BCUT2D eigenvalue weighted by Crippen LogP contribution is 2.44. The molecule has 3 heterocycles. The van der Waals surface area contributed by atoms with Gasteiger partial charge in [0.1, 0.15) is 0 Å². The molecule has 0 aliphatic carbocycles. The van der Waals surface area contributed by atoms with E-state index < -0.39 is 0 Å². The van der Waals surface area contributed by atoms with Gasteiger partial charge < -0.3 is 14.5 Å². The van der Waals surface area contributed by atoms with Crippen LogP contribution in [0.25, 0.3) is 0 Å². The molecule has 3 aliphatic heterocycles. The van der Waals surface area contributed by atoms with Gasteiger partial charge in [0.25, 0.3) is 0 Å². The molecule has 1 atom stereocenters. The maximum atomic E-state index is 12.3. The van der Waals surface area contributed by atoms with Crippen molar-refractivity contribution in [2.75, 3.05) is 32.8 Å². The van der Waals surface area contributed by atoms with Crippen LogP contribution in [0.1, 0.15) is 44.6 Å². The summed E-state index contributed by atoms with van der Waals surface area (Å²) in [5.74, 6) is 0.245. The largest absolute Gasteiger partial charge is 0.381 e. The highest BCUT2D eigenvalue weighted by Gasteiger charge is 2.46. The minimum atomic E-state index is 0.245. The first kappa shape index (κ1) is 18.0. The molecule has 26 heavy (non-hydrogen) atoms. The van der Waals surface area contributed by atoms with Crippen molar-refractivity contribution in [1.29, 1.82) is 0 Å². The van der Waals surface area contributed by atoms with Gasteiger partial charge in [0.05, 0.1) is 0 Å². The molecule has 142 valence electrons. The van der Waals surface area contributed by atoms with Gasteiger partial charge in [0, 0.05) is 38.8 Å². The fourth-order valence-electron chi connectivity index (χ4n) is 5.38. The van der Waals surface area contributed by atoms with Crippen LogP contribution < -0.4 is 0 Å². The Morgan fingerprint density at radius 2 is 1.85 bits per heavy atom. The Morgan fingerprint density at radius 3 is 2.50 bits per heavy atom. The van der Waals surface area contributed by atoms with Crippen LogP contribution in [-0.4, -0.2) is 60.6 Å². The van der Waals surface area contributed by atoms with E-state index in [0.29, 0.717) is 17.5 Å². The number of benzene rings is 1.